The summed E-state index contributed by atoms with van der Waals surface area (Å²) in [6, 6.07) is 0. The molecule has 0 fully saturated rings. The smallest absolute Gasteiger partial charge is 0.252 e. The molecule has 0 aliphatic carbocycles. The molecule has 1 aromatic rings. The maximum absolute atomic E-state index is 11.5. The molecule has 0 bridgehead atoms. The Morgan fingerprint density at radius 3 is 2.75 bits per heavy atom. The lowest BCUT2D eigenvalue weighted by Gasteiger charge is -2.27. The average Bonchev–Trinajstić information content (AvgIpc) is 2.70. The number of nitrogens with one attached hydrogen (secondary N) is 1. The van der Waals surface area contributed by atoms with E-state index in [1.807, 2.05) is 7.05 Å². The van der Waals surface area contributed by atoms with Crippen LogP contribution in [-0.4, -0.2) is 31.0 Å². The predicted molar refractivity (Wildman–Crippen MR) is 66.5 cm³/mol. The molecule has 4 nitrogen and oxygen atoms in total. The van der Waals surface area contributed by atoms with Crippen molar-refractivity contribution in [3.05, 3.63) is 16.0 Å². The van der Waals surface area contributed by atoms with E-state index < -0.39 is 0 Å². The van der Waals surface area contributed by atoms with Gasteiger partial charge >= 0.3 is 0 Å². The quantitative estimate of drug-likeness (QED) is 0.784. The van der Waals surface area contributed by atoms with Crippen LogP contribution in [0.2, 0.25) is 0 Å². The van der Waals surface area contributed by atoms with Gasteiger partial charge in [-0.2, -0.15) is 0 Å². The lowest BCUT2D eigenvalue weighted by atomic mass is 10.1. The molecule has 2 rings (SSSR count). The Kier molecular flexibility index (Phi) is 2.67. The Balaban J connectivity index is 2.46. The SMILES string of the molecule is CC[N+]1(C)Cc2sc(NC)c(C(N)=O)c2C1. The summed E-state index contributed by atoms with van der Waals surface area (Å²) in [5.41, 5.74) is 7.32. The Morgan fingerprint density at radius 1 is 1.56 bits per heavy atom. The third-order valence-corrected chi connectivity index (χ3v) is 4.63. The van der Waals surface area contributed by atoms with Crippen molar-refractivity contribution >= 4 is 22.2 Å². The fourth-order valence-electron chi connectivity index (χ4n) is 2.25. The van der Waals surface area contributed by atoms with Gasteiger partial charge in [0, 0.05) is 12.6 Å². The van der Waals surface area contributed by atoms with E-state index in [1.165, 1.54) is 4.88 Å². The van der Waals surface area contributed by atoms with Crippen LogP contribution in [0, 0.1) is 0 Å². The standard InChI is InChI=1S/C11H17N3OS/c1-4-14(3)5-7-8(6-14)16-11(13-2)9(7)10(12)15/h4-6H2,1-3H3,(H2-,12,13,15)/p+1. The average molecular weight is 240 g/mol. The number of rotatable bonds is 3. The molecule has 16 heavy (non-hydrogen) atoms. The van der Waals surface area contributed by atoms with E-state index in [0.717, 1.165) is 34.7 Å². The largest absolute Gasteiger partial charge is 0.379 e. The number of carbonyl (C=O) groups excluding carboxylic acids is 1. The van der Waals surface area contributed by atoms with Gasteiger partial charge in [0.2, 0.25) is 0 Å². The Hall–Kier alpha value is -1.07. The van der Waals surface area contributed by atoms with Crippen LogP contribution < -0.4 is 11.1 Å². The van der Waals surface area contributed by atoms with Gasteiger partial charge in [0.25, 0.3) is 5.91 Å². The van der Waals surface area contributed by atoms with Crippen molar-refractivity contribution in [3.63, 3.8) is 0 Å². The zero-order valence-electron chi connectivity index (χ0n) is 9.96. The number of amides is 1. The van der Waals surface area contributed by atoms with E-state index in [1.54, 1.807) is 11.3 Å². The van der Waals surface area contributed by atoms with Crippen molar-refractivity contribution in [1.82, 2.24) is 0 Å². The molecule has 3 N–H and O–H groups in total. The third kappa shape index (κ3) is 1.60. The maximum atomic E-state index is 11.5. The van der Waals surface area contributed by atoms with Gasteiger partial charge in [0.1, 0.15) is 18.1 Å². The fraction of sp³-hybridized carbons (Fsp3) is 0.545. The maximum Gasteiger partial charge on any atom is 0.252 e. The number of anilines is 1. The van der Waals surface area contributed by atoms with Crippen molar-refractivity contribution in [2.45, 2.75) is 20.0 Å². The van der Waals surface area contributed by atoms with Crippen LogP contribution in [0.1, 0.15) is 27.7 Å². The van der Waals surface area contributed by atoms with Gasteiger partial charge in [0.05, 0.1) is 24.0 Å². The van der Waals surface area contributed by atoms with E-state index in [4.69, 9.17) is 5.73 Å². The van der Waals surface area contributed by atoms with Crippen LogP contribution in [-0.2, 0) is 13.1 Å². The van der Waals surface area contributed by atoms with E-state index in [9.17, 15) is 4.79 Å². The second kappa shape index (κ2) is 3.75. The van der Waals surface area contributed by atoms with Gasteiger partial charge in [-0.05, 0) is 6.92 Å². The highest BCUT2D eigenvalue weighted by atomic mass is 32.1. The highest BCUT2D eigenvalue weighted by Crippen LogP contribution is 2.41. The number of nitrogens with zero attached hydrogens (tertiary/aromatic N) is 1. The van der Waals surface area contributed by atoms with Crippen LogP contribution in [0.3, 0.4) is 0 Å². The second-order valence-corrected chi connectivity index (χ2v) is 5.68. The van der Waals surface area contributed by atoms with Crippen LogP contribution in [0.25, 0.3) is 0 Å². The summed E-state index contributed by atoms with van der Waals surface area (Å²) in [5.74, 6) is -0.314. The molecule has 1 amide bonds. The number of hydrogen-bond donors (Lipinski definition) is 2. The molecule has 1 aromatic heterocycles. The highest BCUT2D eigenvalue weighted by Gasteiger charge is 2.36. The summed E-state index contributed by atoms with van der Waals surface area (Å²) in [6.07, 6.45) is 0. The predicted octanol–water partition coefficient (Wildman–Crippen LogP) is 1.37. The zero-order valence-corrected chi connectivity index (χ0v) is 10.8. The number of carbonyl (C=O) groups is 1. The summed E-state index contributed by atoms with van der Waals surface area (Å²) < 4.78 is 0.978. The molecule has 0 spiro atoms. The molecule has 1 atom stereocenters. The van der Waals surface area contributed by atoms with Crippen molar-refractivity contribution in [2.24, 2.45) is 5.73 Å². The first-order valence-electron chi connectivity index (χ1n) is 5.46. The van der Waals surface area contributed by atoms with Crippen LogP contribution >= 0.6 is 11.3 Å². The summed E-state index contributed by atoms with van der Waals surface area (Å²) in [5, 5.41) is 3.98. The number of primary amides is 1. The minimum Gasteiger partial charge on any atom is -0.379 e. The molecule has 0 saturated carbocycles. The zero-order chi connectivity index (χ0) is 11.9. The van der Waals surface area contributed by atoms with Gasteiger partial charge < -0.3 is 15.5 Å². The monoisotopic (exact) mass is 240 g/mol. The first-order chi connectivity index (χ1) is 7.50. The minimum absolute atomic E-state index is 0.314. The fourth-order valence-corrected chi connectivity index (χ4v) is 3.59. The number of hydrogen-bond acceptors (Lipinski definition) is 3. The minimum atomic E-state index is -0.314. The normalized spacial score (nSPS) is 23.2. The summed E-state index contributed by atoms with van der Waals surface area (Å²) in [6.45, 7) is 5.19. The molecule has 1 aliphatic heterocycles. The number of quaternary nitrogens is 1. The first kappa shape index (κ1) is 11.4. The van der Waals surface area contributed by atoms with Crippen molar-refractivity contribution in [2.75, 3.05) is 26.0 Å². The second-order valence-electron chi connectivity index (χ2n) is 4.57. The van der Waals surface area contributed by atoms with Crippen LogP contribution in [0.5, 0.6) is 0 Å². The Morgan fingerprint density at radius 2 is 2.25 bits per heavy atom. The van der Waals surface area contributed by atoms with Gasteiger partial charge in [-0.1, -0.05) is 0 Å². The molecular weight excluding hydrogens is 222 g/mol. The van der Waals surface area contributed by atoms with E-state index in [2.05, 4.69) is 19.3 Å². The van der Waals surface area contributed by atoms with Crippen molar-refractivity contribution < 1.29 is 9.28 Å². The lowest BCUT2D eigenvalue weighted by Crippen LogP contribution is -2.37. The molecule has 1 unspecified atom stereocenters. The molecule has 0 saturated heterocycles. The highest BCUT2D eigenvalue weighted by molar-refractivity contribution is 7.16. The molecule has 5 heteroatoms. The van der Waals surface area contributed by atoms with Crippen molar-refractivity contribution in [1.29, 1.82) is 0 Å². The third-order valence-electron chi connectivity index (χ3n) is 3.39. The van der Waals surface area contributed by atoms with E-state index in [0.29, 0.717) is 5.56 Å². The lowest BCUT2D eigenvalue weighted by molar-refractivity contribution is -0.927. The van der Waals surface area contributed by atoms with Gasteiger partial charge in [-0.25, -0.2) is 0 Å². The summed E-state index contributed by atoms with van der Waals surface area (Å²) in [4.78, 5) is 12.8. The summed E-state index contributed by atoms with van der Waals surface area (Å²) >= 11 is 1.67. The van der Waals surface area contributed by atoms with Crippen LogP contribution in [0.4, 0.5) is 5.00 Å². The molecule has 0 radical (unpaired) electrons. The Labute approximate surface area is 99.6 Å². The number of nitrogens with two attached hydrogens (primary N) is 1. The van der Waals surface area contributed by atoms with Gasteiger partial charge in [-0.15, -0.1) is 11.3 Å². The van der Waals surface area contributed by atoms with E-state index >= 15 is 0 Å². The number of thiophene rings is 1. The molecule has 2 heterocycles. The molecule has 1 aliphatic rings. The summed E-state index contributed by atoms with van der Waals surface area (Å²) in [7, 11) is 4.05. The van der Waals surface area contributed by atoms with Gasteiger partial charge in [-0.3, -0.25) is 4.79 Å². The first-order valence-corrected chi connectivity index (χ1v) is 6.28. The number of fused-ring (bicyclic) bond motifs is 1. The van der Waals surface area contributed by atoms with Gasteiger partial charge in [0.15, 0.2) is 0 Å². The van der Waals surface area contributed by atoms with Crippen LogP contribution in [0.15, 0.2) is 0 Å². The molecular formula is C11H18N3OS+. The van der Waals surface area contributed by atoms with Crippen molar-refractivity contribution in [3.8, 4) is 0 Å². The topological polar surface area (TPSA) is 55.1 Å². The van der Waals surface area contributed by atoms with E-state index in [-0.39, 0.29) is 5.91 Å². The Bertz CT molecular complexity index is 441. The molecule has 0 aromatic carbocycles. The molecule has 88 valence electrons.